The molecule has 1 rings (SSSR count). The number of nitro groups is 1. The first-order valence-electron chi connectivity index (χ1n) is 5.78. The lowest BCUT2D eigenvalue weighted by Crippen LogP contribution is -2.28. The molecule has 0 radical (unpaired) electrons. The average molecular weight is 284 g/mol. The molecule has 0 fully saturated rings. The molecule has 0 aliphatic rings. The predicted molar refractivity (Wildman–Crippen MR) is 71.3 cm³/mol. The van der Waals surface area contributed by atoms with E-state index in [9.17, 15) is 10.1 Å². The third-order valence-electron chi connectivity index (χ3n) is 2.40. The van der Waals surface area contributed by atoms with Crippen molar-refractivity contribution < 1.29 is 9.66 Å². The van der Waals surface area contributed by atoms with Gasteiger partial charge in [0.05, 0.1) is 28.7 Å². The molecule has 0 heterocycles. The van der Waals surface area contributed by atoms with E-state index in [1.165, 1.54) is 18.2 Å². The molecule has 1 N–H and O–H groups in total. The first-order valence-corrected chi connectivity index (χ1v) is 6.16. The standard InChI is InChI=1S/C12H14ClN3O3/c1-2-15-9(8-14)5-6-19-12-4-3-10(16(17)18)7-11(12)13/h3-4,7,9,15H,2,5-6H2,1H3. The maximum absolute atomic E-state index is 10.5. The lowest BCUT2D eigenvalue weighted by molar-refractivity contribution is -0.384. The van der Waals surface area contributed by atoms with Crippen LogP contribution in [0, 0.1) is 21.4 Å². The number of non-ortho nitro benzene ring substituents is 1. The van der Waals surface area contributed by atoms with E-state index in [0.717, 1.165) is 0 Å². The van der Waals surface area contributed by atoms with Gasteiger partial charge in [-0.05, 0) is 12.6 Å². The van der Waals surface area contributed by atoms with Crippen LogP contribution in [0.2, 0.25) is 5.02 Å². The van der Waals surface area contributed by atoms with Crippen molar-refractivity contribution in [2.24, 2.45) is 0 Å². The summed E-state index contributed by atoms with van der Waals surface area (Å²) in [4.78, 5) is 10.0. The number of nitro benzene ring substituents is 1. The minimum Gasteiger partial charge on any atom is -0.492 e. The molecule has 1 unspecified atom stereocenters. The van der Waals surface area contributed by atoms with E-state index >= 15 is 0 Å². The molecule has 0 bridgehead atoms. The molecule has 19 heavy (non-hydrogen) atoms. The van der Waals surface area contributed by atoms with E-state index in [0.29, 0.717) is 25.3 Å². The highest BCUT2D eigenvalue weighted by Crippen LogP contribution is 2.28. The Bertz CT molecular complexity index is 488. The molecule has 0 spiro atoms. The van der Waals surface area contributed by atoms with Crippen LogP contribution in [-0.2, 0) is 0 Å². The van der Waals surface area contributed by atoms with Crippen LogP contribution in [0.15, 0.2) is 18.2 Å². The van der Waals surface area contributed by atoms with E-state index in [1.54, 1.807) is 0 Å². The number of nitrogens with zero attached hydrogens (tertiary/aromatic N) is 2. The van der Waals surface area contributed by atoms with Crippen molar-refractivity contribution in [1.29, 1.82) is 5.26 Å². The van der Waals surface area contributed by atoms with Gasteiger partial charge in [0.1, 0.15) is 5.75 Å². The predicted octanol–water partition coefficient (Wildman–Crippen LogP) is 2.52. The van der Waals surface area contributed by atoms with Gasteiger partial charge in [0, 0.05) is 18.6 Å². The number of rotatable bonds is 7. The lowest BCUT2D eigenvalue weighted by Gasteiger charge is -2.11. The summed E-state index contributed by atoms with van der Waals surface area (Å²) in [6, 6.07) is 5.86. The van der Waals surface area contributed by atoms with Crippen molar-refractivity contribution in [3.8, 4) is 11.8 Å². The minimum absolute atomic E-state index is 0.0834. The molecule has 0 aliphatic heterocycles. The summed E-state index contributed by atoms with van der Waals surface area (Å²) in [7, 11) is 0. The number of halogens is 1. The zero-order valence-electron chi connectivity index (χ0n) is 10.4. The van der Waals surface area contributed by atoms with Gasteiger partial charge < -0.3 is 10.1 Å². The minimum atomic E-state index is -0.521. The third kappa shape index (κ3) is 4.73. The Hall–Kier alpha value is -1.84. The van der Waals surface area contributed by atoms with E-state index < -0.39 is 4.92 Å². The zero-order valence-corrected chi connectivity index (χ0v) is 11.2. The Balaban J connectivity index is 2.54. The molecule has 1 aromatic rings. The van der Waals surface area contributed by atoms with Crippen LogP contribution in [0.25, 0.3) is 0 Å². The van der Waals surface area contributed by atoms with E-state index in [-0.39, 0.29) is 16.8 Å². The molecule has 7 heteroatoms. The number of ether oxygens (including phenoxy) is 1. The quantitative estimate of drug-likeness (QED) is 0.613. The van der Waals surface area contributed by atoms with Gasteiger partial charge in [0.2, 0.25) is 0 Å². The van der Waals surface area contributed by atoms with Crippen LogP contribution in [0.5, 0.6) is 5.75 Å². The second-order valence-electron chi connectivity index (χ2n) is 3.75. The number of hydrogen-bond acceptors (Lipinski definition) is 5. The van der Waals surface area contributed by atoms with Gasteiger partial charge in [-0.1, -0.05) is 18.5 Å². The largest absolute Gasteiger partial charge is 0.492 e. The molecule has 1 atom stereocenters. The van der Waals surface area contributed by atoms with Gasteiger partial charge in [-0.15, -0.1) is 0 Å². The number of hydrogen-bond donors (Lipinski definition) is 1. The molecule has 1 aromatic carbocycles. The fraction of sp³-hybridized carbons (Fsp3) is 0.417. The second-order valence-corrected chi connectivity index (χ2v) is 4.16. The summed E-state index contributed by atoms with van der Waals surface area (Å²) >= 11 is 5.87. The first kappa shape index (κ1) is 15.2. The van der Waals surface area contributed by atoms with Gasteiger partial charge >= 0.3 is 0 Å². The van der Waals surface area contributed by atoms with Crippen LogP contribution < -0.4 is 10.1 Å². The van der Waals surface area contributed by atoms with Crippen molar-refractivity contribution >= 4 is 17.3 Å². The van der Waals surface area contributed by atoms with Gasteiger partial charge in [-0.3, -0.25) is 10.1 Å². The fourth-order valence-corrected chi connectivity index (χ4v) is 1.70. The molecule has 102 valence electrons. The Labute approximate surface area is 116 Å². The summed E-state index contributed by atoms with van der Waals surface area (Å²) in [5.74, 6) is 0.375. The summed E-state index contributed by atoms with van der Waals surface area (Å²) in [6.45, 7) is 2.93. The monoisotopic (exact) mass is 283 g/mol. The van der Waals surface area contributed by atoms with Crippen LogP contribution in [0.3, 0.4) is 0 Å². The molecular weight excluding hydrogens is 270 g/mol. The smallest absolute Gasteiger partial charge is 0.271 e. The molecule has 0 saturated carbocycles. The van der Waals surface area contributed by atoms with Crippen molar-refractivity contribution in [3.05, 3.63) is 33.3 Å². The van der Waals surface area contributed by atoms with Gasteiger partial charge in [0.15, 0.2) is 0 Å². The summed E-state index contributed by atoms with van der Waals surface area (Å²) < 4.78 is 5.40. The van der Waals surface area contributed by atoms with Gasteiger partial charge in [-0.2, -0.15) is 5.26 Å². The molecular formula is C12H14ClN3O3. The van der Waals surface area contributed by atoms with Crippen LogP contribution in [-0.4, -0.2) is 24.1 Å². The van der Waals surface area contributed by atoms with E-state index in [1.807, 2.05) is 6.92 Å². The molecule has 0 aliphatic carbocycles. The number of nitriles is 1. The highest BCUT2D eigenvalue weighted by atomic mass is 35.5. The maximum atomic E-state index is 10.5. The highest BCUT2D eigenvalue weighted by Gasteiger charge is 2.11. The van der Waals surface area contributed by atoms with Crippen LogP contribution >= 0.6 is 11.6 Å². The van der Waals surface area contributed by atoms with Crippen molar-refractivity contribution in [2.45, 2.75) is 19.4 Å². The Morgan fingerprint density at radius 2 is 2.37 bits per heavy atom. The van der Waals surface area contributed by atoms with Crippen LogP contribution in [0.1, 0.15) is 13.3 Å². The fourth-order valence-electron chi connectivity index (χ4n) is 1.47. The first-order chi connectivity index (χ1) is 9.08. The van der Waals surface area contributed by atoms with E-state index in [2.05, 4.69) is 11.4 Å². The molecule has 0 amide bonds. The number of benzene rings is 1. The summed E-state index contributed by atoms with van der Waals surface area (Å²) in [5, 5.41) is 22.6. The summed E-state index contributed by atoms with van der Waals surface area (Å²) in [6.07, 6.45) is 0.512. The van der Waals surface area contributed by atoms with Crippen molar-refractivity contribution in [3.63, 3.8) is 0 Å². The Morgan fingerprint density at radius 3 is 2.89 bits per heavy atom. The van der Waals surface area contributed by atoms with Crippen LogP contribution in [0.4, 0.5) is 5.69 Å². The normalized spacial score (nSPS) is 11.6. The lowest BCUT2D eigenvalue weighted by atomic mass is 10.2. The topological polar surface area (TPSA) is 88.2 Å². The molecule has 0 saturated heterocycles. The summed E-state index contributed by atoms with van der Waals surface area (Å²) in [5.41, 5.74) is -0.0834. The average Bonchev–Trinajstić information content (AvgIpc) is 2.39. The SMILES string of the molecule is CCNC(C#N)CCOc1ccc([N+](=O)[O-])cc1Cl. The van der Waals surface area contributed by atoms with E-state index in [4.69, 9.17) is 21.6 Å². The molecule has 6 nitrogen and oxygen atoms in total. The zero-order chi connectivity index (χ0) is 14.3. The molecule has 0 aromatic heterocycles. The highest BCUT2D eigenvalue weighted by molar-refractivity contribution is 6.32. The van der Waals surface area contributed by atoms with Crippen molar-refractivity contribution in [2.75, 3.05) is 13.2 Å². The number of nitrogens with one attached hydrogen (secondary N) is 1. The Kier molecular flexibility index (Phi) is 6.06. The Morgan fingerprint density at radius 1 is 1.63 bits per heavy atom. The van der Waals surface area contributed by atoms with Gasteiger partial charge in [0.25, 0.3) is 5.69 Å². The third-order valence-corrected chi connectivity index (χ3v) is 2.69. The maximum Gasteiger partial charge on any atom is 0.271 e. The van der Waals surface area contributed by atoms with Gasteiger partial charge in [-0.25, -0.2) is 0 Å². The second kappa shape index (κ2) is 7.56. The van der Waals surface area contributed by atoms with Crippen molar-refractivity contribution in [1.82, 2.24) is 5.32 Å².